The van der Waals surface area contributed by atoms with E-state index < -0.39 is 0 Å². The molecular weight excluding hydrogens is 316 g/mol. The molecule has 1 saturated carbocycles. The summed E-state index contributed by atoms with van der Waals surface area (Å²) in [5, 5.41) is 17.9. The summed E-state index contributed by atoms with van der Waals surface area (Å²) in [5.41, 5.74) is 1.25. The maximum atomic E-state index is 9.72. The van der Waals surface area contributed by atoms with Gasteiger partial charge >= 0.3 is 0 Å². The molecule has 0 spiro atoms. The summed E-state index contributed by atoms with van der Waals surface area (Å²) in [6.07, 6.45) is 9.77. The van der Waals surface area contributed by atoms with E-state index in [9.17, 15) is 5.11 Å². The molecule has 25 heavy (non-hydrogen) atoms. The topological polar surface area (TPSA) is 66.5 Å². The molecule has 136 valence electrons. The molecule has 2 fully saturated rings. The number of nitrogens with one attached hydrogen (secondary N) is 1. The Morgan fingerprint density at radius 2 is 2.16 bits per heavy atom. The fourth-order valence-electron chi connectivity index (χ4n) is 4.14. The van der Waals surface area contributed by atoms with Gasteiger partial charge in [0.05, 0.1) is 25.1 Å². The summed E-state index contributed by atoms with van der Waals surface area (Å²) >= 11 is 0. The number of hydrogen-bond donors (Lipinski definition) is 2. The lowest BCUT2D eigenvalue weighted by Crippen LogP contribution is -2.47. The van der Waals surface area contributed by atoms with Gasteiger partial charge < -0.3 is 14.8 Å². The largest absolute Gasteiger partial charge is 0.468 e. The van der Waals surface area contributed by atoms with Crippen molar-refractivity contribution in [3.63, 3.8) is 0 Å². The maximum Gasteiger partial charge on any atom is 0.117 e. The number of furan rings is 1. The zero-order chi connectivity index (χ0) is 17.2. The standard InChI is InChI=1S/C19H28N4O2/c1-22-12-15(11-20-22)19(14-9-17(24)10-14)21-16-4-6-23(7-5-16)13-18-3-2-8-25-18/h2-3,8,11-12,14,16-17,19,21,24H,4-7,9-10,13H2,1H3/t14?,17?,19-/m0/s1. The lowest BCUT2D eigenvalue weighted by atomic mass is 9.75. The van der Waals surface area contributed by atoms with Gasteiger partial charge in [0.2, 0.25) is 0 Å². The van der Waals surface area contributed by atoms with Crippen LogP contribution >= 0.6 is 0 Å². The smallest absolute Gasteiger partial charge is 0.117 e. The molecule has 2 aliphatic rings. The number of aliphatic hydroxyl groups excluding tert-OH is 1. The van der Waals surface area contributed by atoms with E-state index in [0.29, 0.717) is 18.0 Å². The van der Waals surface area contributed by atoms with E-state index in [2.05, 4.69) is 21.5 Å². The Morgan fingerprint density at radius 1 is 1.36 bits per heavy atom. The molecule has 0 amide bonds. The Morgan fingerprint density at radius 3 is 2.76 bits per heavy atom. The molecule has 0 aromatic carbocycles. The average molecular weight is 344 g/mol. The van der Waals surface area contributed by atoms with Gasteiger partial charge in [-0.05, 0) is 43.7 Å². The summed E-state index contributed by atoms with van der Waals surface area (Å²) in [7, 11) is 1.96. The number of hydrogen-bond acceptors (Lipinski definition) is 5. The van der Waals surface area contributed by atoms with Crippen molar-refractivity contribution in [3.8, 4) is 0 Å². The first-order valence-corrected chi connectivity index (χ1v) is 9.35. The van der Waals surface area contributed by atoms with Crippen LogP contribution in [0.5, 0.6) is 0 Å². The van der Waals surface area contributed by atoms with Crippen molar-refractivity contribution in [2.75, 3.05) is 13.1 Å². The van der Waals surface area contributed by atoms with Crippen molar-refractivity contribution in [3.05, 3.63) is 42.1 Å². The van der Waals surface area contributed by atoms with Crippen molar-refractivity contribution in [2.24, 2.45) is 13.0 Å². The molecule has 1 aliphatic carbocycles. The Kier molecular flexibility index (Phi) is 4.92. The zero-order valence-electron chi connectivity index (χ0n) is 14.8. The Hall–Kier alpha value is -1.63. The summed E-state index contributed by atoms with van der Waals surface area (Å²) < 4.78 is 7.33. The fraction of sp³-hybridized carbons (Fsp3) is 0.632. The van der Waals surface area contributed by atoms with Gasteiger partial charge in [-0.1, -0.05) is 0 Å². The van der Waals surface area contributed by atoms with Crippen LogP contribution in [0.1, 0.15) is 43.0 Å². The van der Waals surface area contributed by atoms with Gasteiger partial charge in [0.1, 0.15) is 5.76 Å². The highest BCUT2D eigenvalue weighted by Gasteiger charge is 2.36. The predicted octanol–water partition coefficient (Wildman–Crippen LogP) is 2.08. The van der Waals surface area contributed by atoms with Crippen LogP contribution in [0, 0.1) is 5.92 Å². The lowest BCUT2D eigenvalue weighted by Gasteiger charge is -2.41. The summed E-state index contributed by atoms with van der Waals surface area (Å²) in [5.74, 6) is 1.56. The van der Waals surface area contributed by atoms with Crippen molar-refractivity contribution >= 4 is 0 Å². The minimum atomic E-state index is -0.124. The Labute approximate surface area is 148 Å². The van der Waals surface area contributed by atoms with Crippen LogP contribution < -0.4 is 5.32 Å². The second-order valence-electron chi connectivity index (χ2n) is 7.61. The molecule has 1 saturated heterocycles. The van der Waals surface area contributed by atoms with Crippen LogP contribution in [-0.4, -0.2) is 45.0 Å². The van der Waals surface area contributed by atoms with E-state index in [4.69, 9.17) is 4.42 Å². The van der Waals surface area contributed by atoms with Gasteiger partial charge in [-0.3, -0.25) is 9.58 Å². The minimum absolute atomic E-state index is 0.124. The van der Waals surface area contributed by atoms with Gasteiger partial charge in [0, 0.05) is 44.0 Å². The van der Waals surface area contributed by atoms with Crippen LogP contribution in [0.2, 0.25) is 0 Å². The van der Waals surface area contributed by atoms with Crippen LogP contribution in [-0.2, 0) is 13.6 Å². The summed E-state index contributed by atoms with van der Waals surface area (Å²) in [4.78, 5) is 2.46. The molecule has 0 unspecified atom stereocenters. The van der Waals surface area contributed by atoms with Crippen molar-refractivity contribution < 1.29 is 9.52 Å². The Bertz CT molecular complexity index is 655. The normalized spacial score (nSPS) is 26.5. The average Bonchev–Trinajstić information content (AvgIpc) is 3.23. The molecule has 0 bridgehead atoms. The number of nitrogens with zero attached hydrogens (tertiary/aromatic N) is 3. The predicted molar refractivity (Wildman–Crippen MR) is 94.8 cm³/mol. The quantitative estimate of drug-likeness (QED) is 0.840. The van der Waals surface area contributed by atoms with Crippen molar-refractivity contribution in [2.45, 2.75) is 50.4 Å². The monoisotopic (exact) mass is 344 g/mol. The highest BCUT2D eigenvalue weighted by atomic mass is 16.3. The van der Waals surface area contributed by atoms with Crippen LogP contribution in [0.4, 0.5) is 0 Å². The second kappa shape index (κ2) is 7.32. The third-order valence-electron chi connectivity index (χ3n) is 5.67. The van der Waals surface area contributed by atoms with Crippen molar-refractivity contribution in [1.82, 2.24) is 20.0 Å². The molecule has 6 nitrogen and oxygen atoms in total. The first-order valence-electron chi connectivity index (χ1n) is 9.35. The highest BCUT2D eigenvalue weighted by Crippen LogP contribution is 2.38. The third-order valence-corrected chi connectivity index (χ3v) is 5.67. The van der Waals surface area contributed by atoms with Gasteiger partial charge in [-0.25, -0.2) is 0 Å². The van der Waals surface area contributed by atoms with E-state index in [0.717, 1.165) is 51.1 Å². The second-order valence-corrected chi connectivity index (χ2v) is 7.61. The first-order chi connectivity index (χ1) is 12.2. The number of aryl methyl sites for hydroxylation is 1. The van der Waals surface area contributed by atoms with Crippen molar-refractivity contribution in [1.29, 1.82) is 0 Å². The van der Waals surface area contributed by atoms with Crippen LogP contribution in [0.15, 0.2) is 35.2 Å². The molecular formula is C19H28N4O2. The number of aromatic nitrogens is 2. The van der Waals surface area contributed by atoms with E-state index >= 15 is 0 Å². The van der Waals surface area contributed by atoms with Gasteiger partial charge in [-0.15, -0.1) is 0 Å². The van der Waals surface area contributed by atoms with E-state index in [1.54, 1.807) is 6.26 Å². The van der Waals surface area contributed by atoms with Crippen LogP contribution in [0.3, 0.4) is 0 Å². The number of aliphatic hydroxyl groups is 1. The van der Waals surface area contributed by atoms with Gasteiger partial charge in [-0.2, -0.15) is 5.10 Å². The SMILES string of the molecule is Cn1cc([C@@H](NC2CCN(Cc3ccco3)CC2)C2CC(O)C2)cn1. The molecule has 3 heterocycles. The fourth-order valence-corrected chi connectivity index (χ4v) is 4.14. The van der Waals surface area contributed by atoms with Crippen LogP contribution in [0.25, 0.3) is 0 Å². The van der Waals surface area contributed by atoms with Gasteiger partial charge in [0.15, 0.2) is 0 Å². The molecule has 6 heteroatoms. The van der Waals surface area contributed by atoms with E-state index in [1.807, 2.05) is 30.1 Å². The third kappa shape index (κ3) is 3.97. The molecule has 1 aliphatic heterocycles. The summed E-state index contributed by atoms with van der Waals surface area (Å²) in [6, 6.07) is 4.83. The maximum absolute atomic E-state index is 9.72. The molecule has 1 atom stereocenters. The number of piperidine rings is 1. The minimum Gasteiger partial charge on any atom is -0.468 e. The molecule has 2 aromatic rings. The zero-order valence-corrected chi connectivity index (χ0v) is 14.8. The lowest BCUT2D eigenvalue weighted by molar-refractivity contribution is 0.0195. The number of likely N-dealkylation sites (tertiary alicyclic amines) is 1. The highest BCUT2D eigenvalue weighted by molar-refractivity contribution is 5.14. The molecule has 0 radical (unpaired) electrons. The molecule has 2 N–H and O–H groups in total. The van der Waals surface area contributed by atoms with E-state index in [1.165, 1.54) is 5.56 Å². The summed E-state index contributed by atoms with van der Waals surface area (Å²) in [6.45, 7) is 3.08. The van der Waals surface area contributed by atoms with E-state index in [-0.39, 0.29) is 6.10 Å². The van der Waals surface area contributed by atoms with Gasteiger partial charge in [0.25, 0.3) is 0 Å². The molecule has 4 rings (SSSR count). The Balaban J connectivity index is 1.33. The first kappa shape index (κ1) is 16.8. The number of rotatable bonds is 6. The molecule has 2 aromatic heterocycles.